The van der Waals surface area contributed by atoms with Crippen LogP contribution in [0.4, 0.5) is 0 Å². The van der Waals surface area contributed by atoms with Gasteiger partial charge in [0, 0.05) is 18.7 Å². The third-order valence-corrected chi connectivity index (χ3v) is 7.36. The number of amides is 1. The van der Waals surface area contributed by atoms with Crippen molar-refractivity contribution in [2.24, 2.45) is 5.92 Å². The van der Waals surface area contributed by atoms with Gasteiger partial charge < -0.3 is 14.1 Å². The van der Waals surface area contributed by atoms with Gasteiger partial charge in [0.2, 0.25) is 5.91 Å². The fourth-order valence-corrected chi connectivity index (χ4v) is 5.11. The monoisotopic (exact) mass is 510 g/mol. The van der Waals surface area contributed by atoms with Crippen LogP contribution in [0, 0.1) is 5.92 Å². The van der Waals surface area contributed by atoms with Crippen molar-refractivity contribution in [1.29, 1.82) is 0 Å². The fourth-order valence-electron chi connectivity index (χ4n) is 4.27. The highest BCUT2D eigenvalue weighted by Gasteiger charge is 2.28. The van der Waals surface area contributed by atoms with Gasteiger partial charge in [-0.1, -0.05) is 56.8 Å². The van der Waals surface area contributed by atoms with E-state index in [-0.39, 0.29) is 29.0 Å². The molecule has 0 unspecified atom stereocenters. The first kappa shape index (κ1) is 26.0. The second kappa shape index (κ2) is 11.3. The van der Waals surface area contributed by atoms with Crippen LogP contribution in [-0.2, 0) is 26.3 Å². The summed E-state index contributed by atoms with van der Waals surface area (Å²) in [6.07, 6.45) is 2.92. The van der Waals surface area contributed by atoms with E-state index in [0.29, 0.717) is 44.2 Å². The maximum Gasteiger partial charge on any atom is 0.309 e. The van der Waals surface area contributed by atoms with E-state index >= 15 is 0 Å². The number of carbonyl (C=O) groups is 2. The van der Waals surface area contributed by atoms with E-state index in [1.165, 1.54) is 17.3 Å². The summed E-state index contributed by atoms with van der Waals surface area (Å²) in [5, 5.41) is 9.55. The maximum absolute atomic E-state index is 12.9. The first-order valence-electron chi connectivity index (χ1n) is 12.4. The number of piperidine rings is 1. The van der Waals surface area contributed by atoms with Crippen LogP contribution in [0.15, 0.2) is 52.2 Å². The van der Waals surface area contributed by atoms with Crippen LogP contribution in [0.2, 0.25) is 0 Å². The summed E-state index contributed by atoms with van der Waals surface area (Å²) in [7, 11) is 0. The Morgan fingerprint density at radius 3 is 2.44 bits per heavy atom. The largest absolute Gasteiger partial charge is 0.467 e. The third-order valence-electron chi connectivity index (χ3n) is 6.41. The molecule has 3 aromatic rings. The van der Waals surface area contributed by atoms with Crippen molar-refractivity contribution in [2.45, 2.75) is 57.7 Å². The minimum Gasteiger partial charge on any atom is -0.467 e. The van der Waals surface area contributed by atoms with Crippen molar-refractivity contribution in [3.63, 3.8) is 0 Å². The van der Waals surface area contributed by atoms with Gasteiger partial charge in [0.15, 0.2) is 11.0 Å². The van der Waals surface area contributed by atoms with Gasteiger partial charge >= 0.3 is 5.97 Å². The van der Waals surface area contributed by atoms with Crippen LogP contribution in [0.5, 0.6) is 0 Å². The predicted octanol–water partition coefficient (Wildman–Crippen LogP) is 4.78. The van der Waals surface area contributed by atoms with Crippen molar-refractivity contribution in [1.82, 2.24) is 19.7 Å². The number of thioether (sulfide) groups is 1. The highest BCUT2D eigenvalue weighted by molar-refractivity contribution is 7.99. The molecule has 192 valence electrons. The summed E-state index contributed by atoms with van der Waals surface area (Å²) < 4.78 is 12.7. The zero-order valence-corrected chi connectivity index (χ0v) is 22.2. The molecule has 2 aromatic heterocycles. The standard InChI is InChI=1S/C27H34N4O4S/c1-5-34-25(33)20-12-14-30(15-13-20)23(32)18-36-26-29-28-24(31(26)17-22-7-6-16-35-22)19-8-10-21(11-9-19)27(2,3)4/h6-11,16,20H,5,12-15,17-18H2,1-4H3. The van der Waals surface area contributed by atoms with E-state index in [2.05, 4.69) is 55.2 Å². The van der Waals surface area contributed by atoms with Crippen molar-refractivity contribution >= 4 is 23.6 Å². The van der Waals surface area contributed by atoms with E-state index in [0.717, 1.165) is 17.1 Å². The third kappa shape index (κ3) is 6.19. The number of esters is 1. The Morgan fingerprint density at radius 1 is 1.11 bits per heavy atom. The van der Waals surface area contributed by atoms with Crippen LogP contribution in [0.1, 0.15) is 51.9 Å². The van der Waals surface area contributed by atoms with Crippen LogP contribution in [0.25, 0.3) is 11.4 Å². The molecule has 1 amide bonds. The molecular formula is C27H34N4O4S. The van der Waals surface area contributed by atoms with E-state index in [1.807, 2.05) is 28.5 Å². The average Bonchev–Trinajstić information content (AvgIpc) is 3.53. The van der Waals surface area contributed by atoms with Gasteiger partial charge in [0.1, 0.15) is 5.76 Å². The molecule has 0 saturated carbocycles. The molecule has 1 aromatic carbocycles. The smallest absolute Gasteiger partial charge is 0.309 e. The van der Waals surface area contributed by atoms with Crippen LogP contribution in [0.3, 0.4) is 0 Å². The molecule has 8 nitrogen and oxygen atoms in total. The number of hydrogen-bond acceptors (Lipinski definition) is 7. The van der Waals surface area contributed by atoms with Crippen molar-refractivity contribution < 1.29 is 18.7 Å². The number of ether oxygens (including phenoxy) is 1. The molecule has 0 spiro atoms. The van der Waals surface area contributed by atoms with E-state index in [9.17, 15) is 9.59 Å². The average molecular weight is 511 g/mol. The lowest BCUT2D eigenvalue weighted by atomic mass is 9.87. The molecule has 0 radical (unpaired) electrons. The normalized spacial score (nSPS) is 14.7. The van der Waals surface area contributed by atoms with Crippen molar-refractivity contribution in [3.8, 4) is 11.4 Å². The van der Waals surface area contributed by atoms with Crippen LogP contribution >= 0.6 is 11.8 Å². The Morgan fingerprint density at radius 2 is 1.83 bits per heavy atom. The van der Waals surface area contributed by atoms with E-state index < -0.39 is 0 Å². The molecule has 1 saturated heterocycles. The molecule has 1 aliphatic heterocycles. The van der Waals surface area contributed by atoms with Crippen molar-refractivity contribution in [3.05, 3.63) is 54.0 Å². The Balaban J connectivity index is 1.46. The summed E-state index contributed by atoms with van der Waals surface area (Å²) in [4.78, 5) is 26.7. The number of furan rings is 1. The second-order valence-electron chi connectivity index (χ2n) is 9.99. The number of carbonyl (C=O) groups excluding carboxylic acids is 2. The Bertz CT molecular complexity index is 1160. The minimum atomic E-state index is -0.159. The SMILES string of the molecule is CCOC(=O)C1CCN(C(=O)CSc2nnc(-c3ccc(C(C)(C)C)cc3)n2Cc2ccco2)CC1. The quantitative estimate of drug-likeness (QED) is 0.318. The summed E-state index contributed by atoms with van der Waals surface area (Å²) >= 11 is 1.37. The van der Waals surface area contributed by atoms with Gasteiger partial charge in [0.05, 0.1) is 31.1 Å². The lowest BCUT2D eigenvalue weighted by Gasteiger charge is -2.30. The first-order valence-corrected chi connectivity index (χ1v) is 13.4. The molecule has 0 aliphatic carbocycles. The lowest BCUT2D eigenvalue weighted by Crippen LogP contribution is -2.41. The summed E-state index contributed by atoms with van der Waals surface area (Å²) in [6.45, 7) is 10.4. The Labute approximate surface area is 216 Å². The van der Waals surface area contributed by atoms with Crippen molar-refractivity contribution in [2.75, 3.05) is 25.4 Å². The molecule has 4 rings (SSSR count). The molecular weight excluding hydrogens is 476 g/mol. The summed E-state index contributed by atoms with van der Waals surface area (Å²) in [5.41, 5.74) is 2.27. The van der Waals surface area contributed by atoms with Gasteiger partial charge in [-0.2, -0.15) is 0 Å². The predicted molar refractivity (Wildman–Crippen MR) is 139 cm³/mol. The molecule has 3 heterocycles. The summed E-state index contributed by atoms with van der Waals surface area (Å²) in [6, 6.07) is 12.1. The molecule has 0 bridgehead atoms. The molecule has 9 heteroatoms. The van der Waals surface area contributed by atoms with Gasteiger partial charge in [-0.05, 0) is 42.9 Å². The zero-order chi connectivity index (χ0) is 25.7. The number of aromatic nitrogens is 3. The summed E-state index contributed by atoms with van der Waals surface area (Å²) in [5.74, 6) is 1.53. The highest BCUT2D eigenvalue weighted by Crippen LogP contribution is 2.29. The fraction of sp³-hybridized carbons (Fsp3) is 0.481. The molecule has 1 fully saturated rings. The molecule has 0 atom stereocenters. The van der Waals surface area contributed by atoms with E-state index in [1.54, 1.807) is 6.26 Å². The molecule has 0 N–H and O–H groups in total. The minimum absolute atomic E-state index is 0.0333. The van der Waals surface area contributed by atoms with Gasteiger partial charge in [-0.15, -0.1) is 10.2 Å². The number of rotatable bonds is 8. The Kier molecular flexibility index (Phi) is 8.18. The molecule has 36 heavy (non-hydrogen) atoms. The van der Waals surface area contributed by atoms with Crippen LogP contribution in [-0.4, -0.2) is 57.0 Å². The first-order chi connectivity index (χ1) is 17.3. The lowest BCUT2D eigenvalue weighted by molar-refractivity contribution is -0.151. The Hall–Kier alpha value is -3.07. The number of likely N-dealkylation sites (tertiary alicyclic amines) is 1. The number of benzene rings is 1. The maximum atomic E-state index is 12.9. The van der Waals surface area contributed by atoms with Crippen LogP contribution < -0.4 is 0 Å². The van der Waals surface area contributed by atoms with Gasteiger partial charge in [0.25, 0.3) is 0 Å². The second-order valence-corrected chi connectivity index (χ2v) is 10.9. The van der Waals surface area contributed by atoms with E-state index in [4.69, 9.17) is 9.15 Å². The van der Waals surface area contributed by atoms with Gasteiger partial charge in [-0.3, -0.25) is 14.2 Å². The topological polar surface area (TPSA) is 90.5 Å². The van der Waals surface area contributed by atoms with Gasteiger partial charge in [-0.25, -0.2) is 0 Å². The highest BCUT2D eigenvalue weighted by atomic mass is 32.2. The zero-order valence-electron chi connectivity index (χ0n) is 21.4. The molecule has 1 aliphatic rings. The number of hydrogen-bond donors (Lipinski definition) is 0. The number of nitrogens with zero attached hydrogens (tertiary/aromatic N) is 4.